The fraction of sp³-hybridized carbons (Fsp3) is 0.464. The molecule has 1 amide bonds. The summed E-state index contributed by atoms with van der Waals surface area (Å²) in [7, 11) is 1.31. The van der Waals surface area contributed by atoms with Gasteiger partial charge in [-0.1, -0.05) is 13.8 Å². The van der Waals surface area contributed by atoms with Gasteiger partial charge in [0.05, 0.1) is 29.0 Å². The van der Waals surface area contributed by atoms with Crippen LogP contribution in [-0.2, 0) is 4.74 Å². The Bertz CT molecular complexity index is 1270. The third kappa shape index (κ3) is 6.86. The quantitative estimate of drug-likeness (QED) is 0.220. The van der Waals surface area contributed by atoms with Gasteiger partial charge < -0.3 is 24.8 Å². The van der Waals surface area contributed by atoms with E-state index in [0.29, 0.717) is 22.9 Å². The number of methoxy groups -OCH3 is 1. The number of ether oxygens (including phenoxy) is 1. The van der Waals surface area contributed by atoms with Gasteiger partial charge in [-0.2, -0.15) is 0 Å². The standard InChI is InChI=1S/C28H36N6O5S/c1-4-31-13-15-33(16-14-31)23-7-6-21(27(36)39-3)17-22(23)29-28(40)30-26(35)20-5-8-24(25(18-20)34(37)38)32-11-9-19(2)10-12-32/h5-8,17-19H,4,9-16H2,1-3H3,(H2,29,30,35,40). The number of nitrogens with one attached hydrogen (secondary N) is 2. The van der Waals surface area contributed by atoms with Crippen LogP contribution in [-0.4, -0.2) is 79.7 Å². The Morgan fingerprint density at radius 1 is 1.00 bits per heavy atom. The zero-order valence-electron chi connectivity index (χ0n) is 23.1. The minimum absolute atomic E-state index is 0.0113. The van der Waals surface area contributed by atoms with E-state index in [0.717, 1.165) is 64.3 Å². The molecule has 2 N–H and O–H groups in total. The van der Waals surface area contributed by atoms with Crippen molar-refractivity contribution >= 4 is 52.0 Å². The molecule has 12 heteroatoms. The Hall–Kier alpha value is -3.77. The molecule has 11 nitrogen and oxygen atoms in total. The van der Waals surface area contributed by atoms with Crippen LogP contribution in [0.3, 0.4) is 0 Å². The molecule has 2 saturated heterocycles. The van der Waals surface area contributed by atoms with Crippen LogP contribution < -0.4 is 20.4 Å². The fourth-order valence-corrected chi connectivity index (χ4v) is 5.32. The van der Waals surface area contributed by atoms with Gasteiger partial charge in [0, 0.05) is 50.9 Å². The maximum Gasteiger partial charge on any atom is 0.337 e. The number of hydrogen-bond donors (Lipinski definition) is 2. The van der Waals surface area contributed by atoms with Gasteiger partial charge in [0.1, 0.15) is 5.69 Å². The predicted molar refractivity (Wildman–Crippen MR) is 160 cm³/mol. The Labute approximate surface area is 239 Å². The molecule has 0 atom stereocenters. The van der Waals surface area contributed by atoms with Crippen LogP contribution in [0.2, 0.25) is 0 Å². The second-order valence-electron chi connectivity index (χ2n) is 10.2. The van der Waals surface area contributed by atoms with Gasteiger partial charge in [0.15, 0.2) is 5.11 Å². The summed E-state index contributed by atoms with van der Waals surface area (Å²) < 4.78 is 4.87. The van der Waals surface area contributed by atoms with Gasteiger partial charge in [-0.3, -0.25) is 20.2 Å². The summed E-state index contributed by atoms with van der Waals surface area (Å²) in [4.78, 5) is 43.2. The first-order chi connectivity index (χ1) is 19.2. The third-order valence-corrected chi connectivity index (χ3v) is 7.82. The Kier molecular flexibility index (Phi) is 9.54. The number of likely N-dealkylation sites (N-methyl/N-ethyl adjacent to an activating group) is 1. The molecule has 2 heterocycles. The first-order valence-corrected chi connectivity index (χ1v) is 14.0. The molecule has 2 aliphatic heterocycles. The highest BCUT2D eigenvalue weighted by molar-refractivity contribution is 7.80. The highest BCUT2D eigenvalue weighted by Crippen LogP contribution is 2.33. The molecule has 0 aromatic heterocycles. The zero-order chi connectivity index (χ0) is 28.8. The molecule has 0 spiro atoms. The van der Waals surface area contributed by atoms with Gasteiger partial charge in [-0.25, -0.2) is 4.79 Å². The van der Waals surface area contributed by atoms with Gasteiger partial charge in [-0.05, 0) is 67.9 Å². The van der Waals surface area contributed by atoms with Crippen molar-refractivity contribution in [3.8, 4) is 0 Å². The monoisotopic (exact) mass is 568 g/mol. The first kappa shape index (κ1) is 29.2. The maximum absolute atomic E-state index is 13.1. The SMILES string of the molecule is CCN1CCN(c2ccc(C(=O)OC)cc2NC(=S)NC(=O)c2ccc(N3CCC(C)CC3)c([N+](=O)[O-])c2)CC1. The molecule has 0 unspecified atom stereocenters. The van der Waals surface area contributed by atoms with E-state index in [2.05, 4.69) is 34.3 Å². The van der Waals surface area contributed by atoms with E-state index < -0.39 is 16.8 Å². The van der Waals surface area contributed by atoms with Crippen LogP contribution in [0, 0.1) is 16.0 Å². The smallest absolute Gasteiger partial charge is 0.337 e. The first-order valence-electron chi connectivity index (χ1n) is 13.6. The molecule has 2 aliphatic rings. The number of thiocarbonyl (C=S) groups is 1. The van der Waals surface area contributed by atoms with Gasteiger partial charge in [0.2, 0.25) is 0 Å². The molecular weight excluding hydrogens is 532 g/mol. The number of carbonyl (C=O) groups excluding carboxylic acids is 2. The van der Waals surface area contributed by atoms with Crippen molar-refractivity contribution in [2.45, 2.75) is 26.7 Å². The van der Waals surface area contributed by atoms with E-state index in [-0.39, 0.29) is 16.4 Å². The van der Waals surface area contributed by atoms with Gasteiger partial charge in [0.25, 0.3) is 11.6 Å². The van der Waals surface area contributed by atoms with Crippen molar-refractivity contribution in [3.63, 3.8) is 0 Å². The van der Waals surface area contributed by atoms with E-state index in [4.69, 9.17) is 17.0 Å². The number of hydrogen-bond acceptors (Lipinski definition) is 9. The highest BCUT2D eigenvalue weighted by Gasteiger charge is 2.25. The molecule has 0 saturated carbocycles. The number of rotatable bonds is 7. The number of piperazine rings is 1. The number of anilines is 3. The largest absolute Gasteiger partial charge is 0.465 e. The van der Waals surface area contributed by atoms with Crippen LogP contribution in [0.4, 0.5) is 22.7 Å². The van der Waals surface area contributed by atoms with Crippen molar-refractivity contribution in [3.05, 3.63) is 57.6 Å². The second-order valence-corrected chi connectivity index (χ2v) is 10.6. The van der Waals surface area contributed by atoms with E-state index in [9.17, 15) is 19.7 Å². The summed E-state index contributed by atoms with van der Waals surface area (Å²) in [5.41, 5.74) is 2.27. The normalized spacial score (nSPS) is 16.4. The molecule has 0 aliphatic carbocycles. The fourth-order valence-electron chi connectivity index (χ4n) is 5.12. The van der Waals surface area contributed by atoms with Gasteiger partial charge >= 0.3 is 5.97 Å². The third-order valence-electron chi connectivity index (χ3n) is 7.61. The van der Waals surface area contributed by atoms with E-state index in [1.54, 1.807) is 24.3 Å². The number of carbonyl (C=O) groups is 2. The summed E-state index contributed by atoms with van der Waals surface area (Å²) in [6.45, 7) is 10.2. The van der Waals surface area contributed by atoms with Crippen LogP contribution >= 0.6 is 12.2 Å². The van der Waals surface area contributed by atoms with Crippen molar-refractivity contribution < 1.29 is 19.2 Å². The average Bonchev–Trinajstić information content (AvgIpc) is 2.96. The Morgan fingerprint density at radius 3 is 2.25 bits per heavy atom. The molecule has 214 valence electrons. The lowest BCUT2D eigenvalue weighted by atomic mass is 9.98. The van der Waals surface area contributed by atoms with E-state index in [1.165, 1.54) is 13.2 Å². The number of piperidine rings is 1. The average molecular weight is 569 g/mol. The molecule has 0 bridgehead atoms. The number of nitrogens with zero attached hydrogens (tertiary/aromatic N) is 4. The van der Waals surface area contributed by atoms with E-state index >= 15 is 0 Å². The predicted octanol–water partition coefficient (Wildman–Crippen LogP) is 3.89. The Balaban J connectivity index is 1.50. The lowest BCUT2D eigenvalue weighted by molar-refractivity contribution is -0.384. The van der Waals surface area contributed by atoms with Gasteiger partial charge in [-0.15, -0.1) is 0 Å². The lowest BCUT2D eigenvalue weighted by Crippen LogP contribution is -2.46. The van der Waals surface area contributed by atoms with Crippen LogP contribution in [0.25, 0.3) is 0 Å². The number of nitro benzene ring substituents is 1. The van der Waals surface area contributed by atoms with E-state index in [1.807, 2.05) is 11.0 Å². The molecule has 0 radical (unpaired) electrons. The number of esters is 1. The maximum atomic E-state index is 13.1. The van der Waals surface area contributed by atoms with Crippen molar-refractivity contribution in [2.75, 3.05) is 68.0 Å². The van der Waals surface area contributed by atoms with Crippen molar-refractivity contribution in [1.82, 2.24) is 10.2 Å². The molecule has 2 fully saturated rings. The Morgan fingerprint density at radius 2 is 1.62 bits per heavy atom. The van der Waals surface area contributed by atoms with Crippen molar-refractivity contribution in [1.29, 1.82) is 0 Å². The molecular formula is C28H36N6O5S. The molecule has 4 rings (SSSR count). The summed E-state index contributed by atoms with van der Waals surface area (Å²) in [6.07, 6.45) is 1.93. The molecule has 40 heavy (non-hydrogen) atoms. The number of nitro groups is 1. The van der Waals surface area contributed by atoms with Crippen LogP contribution in [0.5, 0.6) is 0 Å². The number of benzene rings is 2. The minimum Gasteiger partial charge on any atom is -0.465 e. The molecule has 2 aromatic rings. The molecule has 2 aromatic carbocycles. The lowest BCUT2D eigenvalue weighted by Gasteiger charge is -2.36. The summed E-state index contributed by atoms with van der Waals surface area (Å²) in [5.74, 6) is -0.471. The van der Waals surface area contributed by atoms with Crippen molar-refractivity contribution in [2.24, 2.45) is 5.92 Å². The van der Waals surface area contributed by atoms with Crippen LogP contribution in [0.15, 0.2) is 36.4 Å². The zero-order valence-corrected chi connectivity index (χ0v) is 24.0. The summed E-state index contributed by atoms with van der Waals surface area (Å²) >= 11 is 5.44. The minimum atomic E-state index is -0.568. The number of amides is 1. The summed E-state index contributed by atoms with van der Waals surface area (Å²) in [6, 6.07) is 9.68. The second kappa shape index (κ2) is 13.1. The highest BCUT2D eigenvalue weighted by atomic mass is 32.1. The topological polar surface area (TPSA) is 120 Å². The summed E-state index contributed by atoms with van der Waals surface area (Å²) in [5, 5.41) is 17.6. The van der Waals surface area contributed by atoms with Crippen LogP contribution in [0.1, 0.15) is 47.4 Å².